The highest BCUT2D eigenvalue weighted by Gasteiger charge is 2.18. The van der Waals surface area contributed by atoms with Crippen LogP contribution in [0.25, 0.3) is 0 Å². The molecule has 0 radical (unpaired) electrons. The normalized spacial score (nSPS) is 14.7. The van der Waals surface area contributed by atoms with Crippen molar-refractivity contribution in [1.82, 2.24) is 5.32 Å². The minimum absolute atomic E-state index is 0.0375. The van der Waals surface area contributed by atoms with Crippen LogP contribution in [-0.2, 0) is 0 Å². The molecule has 18 heavy (non-hydrogen) atoms. The van der Waals surface area contributed by atoms with Gasteiger partial charge in [0.25, 0.3) is 0 Å². The fraction of sp³-hybridized carbons (Fsp3) is 0.571. The van der Waals surface area contributed by atoms with E-state index in [0.29, 0.717) is 12.3 Å². The molecule has 4 nitrogen and oxygen atoms in total. The van der Waals surface area contributed by atoms with E-state index < -0.39 is 0 Å². The highest BCUT2D eigenvalue weighted by molar-refractivity contribution is 5.40. The maximum Gasteiger partial charge on any atom is 0.124 e. The summed E-state index contributed by atoms with van der Waals surface area (Å²) in [7, 11) is 0. The van der Waals surface area contributed by atoms with Crippen molar-refractivity contribution >= 4 is 0 Å². The largest absolute Gasteiger partial charge is 0.508 e. The molecule has 0 fully saturated rings. The number of aromatic hydroxyl groups is 2. The summed E-state index contributed by atoms with van der Waals surface area (Å²) in [4.78, 5) is 0. The van der Waals surface area contributed by atoms with Crippen molar-refractivity contribution < 1.29 is 15.3 Å². The molecule has 1 aromatic rings. The van der Waals surface area contributed by atoms with Crippen molar-refractivity contribution in [2.45, 2.75) is 39.3 Å². The summed E-state index contributed by atoms with van der Waals surface area (Å²) in [5.74, 6) is 0.541. The molecule has 0 saturated carbocycles. The fourth-order valence-electron chi connectivity index (χ4n) is 2.06. The number of nitrogens with one attached hydrogen (secondary N) is 1. The second-order valence-electron chi connectivity index (χ2n) is 4.99. The van der Waals surface area contributed by atoms with Gasteiger partial charge in [0.15, 0.2) is 0 Å². The Bertz CT molecular complexity index is 379. The first-order valence-electron chi connectivity index (χ1n) is 6.34. The molecule has 0 saturated heterocycles. The molecular formula is C14H23NO3. The van der Waals surface area contributed by atoms with Gasteiger partial charge in [-0.2, -0.15) is 0 Å². The van der Waals surface area contributed by atoms with Gasteiger partial charge in [-0.15, -0.1) is 0 Å². The van der Waals surface area contributed by atoms with Crippen LogP contribution in [0.3, 0.4) is 0 Å². The van der Waals surface area contributed by atoms with Crippen molar-refractivity contribution in [3.05, 3.63) is 23.8 Å². The van der Waals surface area contributed by atoms with E-state index in [1.54, 1.807) is 12.1 Å². The van der Waals surface area contributed by atoms with Gasteiger partial charge in [-0.3, -0.25) is 0 Å². The van der Waals surface area contributed by atoms with Crippen LogP contribution in [0.1, 0.15) is 38.8 Å². The van der Waals surface area contributed by atoms with Gasteiger partial charge in [0.2, 0.25) is 0 Å². The monoisotopic (exact) mass is 253 g/mol. The lowest BCUT2D eigenvalue weighted by atomic mass is 9.98. The van der Waals surface area contributed by atoms with Crippen LogP contribution in [0.15, 0.2) is 18.2 Å². The SMILES string of the molecule is CC(NC(CCO)C(C)C)c1ccc(O)cc1O. The Labute approximate surface area is 108 Å². The Kier molecular flexibility index (Phi) is 5.44. The number of benzene rings is 1. The molecule has 0 heterocycles. The van der Waals surface area contributed by atoms with Crippen LogP contribution >= 0.6 is 0 Å². The predicted octanol–water partition coefficient (Wildman–Crippen LogP) is 2.16. The molecule has 0 aromatic heterocycles. The number of rotatable bonds is 6. The van der Waals surface area contributed by atoms with E-state index in [1.165, 1.54) is 6.07 Å². The summed E-state index contributed by atoms with van der Waals surface area (Å²) >= 11 is 0. The molecule has 2 unspecified atom stereocenters. The van der Waals surface area contributed by atoms with Crippen molar-refractivity contribution in [3.8, 4) is 11.5 Å². The molecule has 1 rings (SSSR count). The molecule has 0 spiro atoms. The highest BCUT2D eigenvalue weighted by atomic mass is 16.3. The molecule has 0 bridgehead atoms. The molecule has 0 aliphatic carbocycles. The molecule has 4 N–H and O–H groups in total. The Morgan fingerprint density at radius 1 is 1.17 bits per heavy atom. The third-order valence-electron chi connectivity index (χ3n) is 3.19. The van der Waals surface area contributed by atoms with Gasteiger partial charge in [0, 0.05) is 30.3 Å². The average Bonchev–Trinajstić information content (AvgIpc) is 2.27. The van der Waals surface area contributed by atoms with Crippen molar-refractivity contribution in [2.24, 2.45) is 5.92 Å². The Balaban J connectivity index is 2.76. The van der Waals surface area contributed by atoms with Crippen LogP contribution in [0.5, 0.6) is 11.5 Å². The molecule has 0 aliphatic heterocycles. The zero-order valence-electron chi connectivity index (χ0n) is 11.2. The van der Waals surface area contributed by atoms with E-state index in [-0.39, 0.29) is 30.2 Å². The van der Waals surface area contributed by atoms with Crippen LogP contribution < -0.4 is 5.32 Å². The van der Waals surface area contributed by atoms with Gasteiger partial charge in [0.1, 0.15) is 11.5 Å². The second kappa shape index (κ2) is 6.61. The maximum atomic E-state index is 9.79. The van der Waals surface area contributed by atoms with Crippen LogP contribution in [0.2, 0.25) is 0 Å². The van der Waals surface area contributed by atoms with Gasteiger partial charge < -0.3 is 20.6 Å². The smallest absolute Gasteiger partial charge is 0.124 e. The van der Waals surface area contributed by atoms with E-state index in [0.717, 1.165) is 5.56 Å². The van der Waals surface area contributed by atoms with Crippen molar-refractivity contribution in [1.29, 1.82) is 0 Å². The number of aliphatic hydroxyl groups excluding tert-OH is 1. The number of hydrogen-bond acceptors (Lipinski definition) is 4. The zero-order valence-corrected chi connectivity index (χ0v) is 11.2. The predicted molar refractivity (Wildman–Crippen MR) is 71.7 cm³/mol. The first-order valence-corrected chi connectivity index (χ1v) is 6.34. The lowest BCUT2D eigenvalue weighted by Gasteiger charge is -2.26. The van der Waals surface area contributed by atoms with E-state index in [2.05, 4.69) is 19.2 Å². The summed E-state index contributed by atoms with van der Waals surface area (Å²) in [6, 6.07) is 4.76. The van der Waals surface area contributed by atoms with Gasteiger partial charge >= 0.3 is 0 Å². The quantitative estimate of drug-likeness (QED) is 0.627. The molecule has 4 heteroatoms. The number of phenolic OH excluding ortho intramolecular Hbond substituents is 2. The first kappa shape index (κ1) is 14.8. The molecule has 1 aromatic carbocycles. The summed E-state index contributed by atoms with van der Waals surface area (Å²) in [5, 5.41) is 31.5. The van der Waals surface area contributed by atoms with Crippen LogP contribution in [-0.4, -0.2) is 28.0 Å². The minimum atomic E-state index is -0.0375. The van der Waals surface area contributed by atoms with Gasteiger partial charge in [0.05, 0.1) is 0 Å². The van der Waals surface area contributed by atoms with Crippen LogP contribution in [0.4, 0.5) is 0 Å². The standard InChI is InChI=1S/C14H23NO3/c1-9(2)13(6-7-16)15-10(3)12-5-4-11(17)8-14(12)18/h4-5,8-10,13,15-18H,6-7H2,1-3H3. The average molecular weight is 253 g/mol. The molecule has 0 amide bonds. The van der Waals surface area contributed by atoms with E-state index in [4.69, 9.17) is 5.11 Å². The summed E-state index contributed by atoms with van der Waals surface area (Å²) in [6.07, 6.45) is 0.681. The third-order valence-corrected chi connectivity index (χ3v) is 3.19. The number of phenols is 2. The molecule has 2 atom stereocenters. The lowest BCUT2D eigenvalue weighted by molar-refractivity contribution is 0.236. The third kappa shape index (κ3) is 3.89. The minimum Gasteiger partial charge on any atom is -0.508 e. The highest BCUT2D eigenvalue weighted by Crippen LogP contribution is 2.28. The van der Waals surface area contributed by atoms with Crippen molar-refractivity contribution in [2.75, 3.05) is 6.61 Å². The Morgan fingerprint density at radius 3 is 2.33 bits per heavy atom. The van der Waals surface area contributed by atoms with Gasteiger partial charge in [-0.25, -0.2) is 0 Å². The van der Waals surface area contributed by atoms with Crippen molar-refractivity contribution in [3.63, 3.8) is 0 Å². The topological polar surface area (TPSA) is 72.7 Å². The number of aliphatic hydroxyl groups is 1. The summed E-state index contributed by atoms with van der Waals surface area (Å²) in [6.45, 7) is 6.29. The van der Waals surface area contributed by atoms with E-state index in [1.807, 2.05) is 6.92 Å². The first-order chi connectivity index (χ1) is 8.45. The molecule has 102 valence electrons. The maximum absolute atomic E-state index is 9.79. The fourth-order valence-corrected chi connectivity index (χ4v) is 2.06. The number of hydrogen-bond donors (Lipinski definition) is 4. The van der Waals surface area contributed by atoms with E-state index in [9.17, 15) is 10.2 Å². The summed E-state index contributed by atoms with van der Waals surface area (Å²) < 4.78 is 0. The Hall–Kier alpha value is -1.26. The Morgan fingerprint density at radius 2 is 1.83 bits per heavy atom. The van der Waals surface area contributed by atoms with E-state index >= 15 is 0 Å². The lowest BCUT2D eigenvalue weighted by Crippen LogP contribution is -2.36. The molecule has 0 aliphatic rings. The van der Waals surface area contributed by atoms with Crippen LogP contribution in [0, 0.1) is 5.92 Å². The zero-order chi connectivity index (χ0) is 13.7. The second-order valence-corrected chi connectivity index (χ2v) is 4.99. The van der Waals surface area contributed by atoms with Gasteiger partial charge in [-0.1, -0.05) is 19.9 Å². The summed E-state index contributed by atoms with van der Waals surface area (Å²) in [5.41, 5.74) is 0.747. The molecular weight excluding hydrogens is 230 g/mol. The van der Waals surface area contributed by atoms with Gasteiger partial charge in [-0.05, 0) is 25.3 Å².